The van der Waals surface area contributed by atoms with Gasteiger partial charge in [-0.05, 0) is 37.0 Å². The molecule has 0 saturated carbocycles. The van der Waals surface area contributed by atoms with E-state index in [0.717, 1.165) is 24.8 Å². The number of benzene rings is 1. The van der Waals surface area contributed by atoms with Gasteiger partial charge in [0.1, 0.15) is 0 Å². The molecule has 1 radical (unpaired) electrons. The summed E-state index contributed by atoms with van der Waals surface area (Å²) in [6.07, 6.45) is 2.64. The monoisotopic (exact) mass is 297 g/mol. The van der Waals surface area contributed by atoms with Gasteiger partial charge in [-0.25, -0.2) is 0 Å². The Kier molecular flexibility index (Phi) is 6.66. The van der Waals surface area contributed by atoms with E-state index in [-0.39, 0.29) is 28.2 Å². The first-order valence-electron chi connectivity index (χ1n) is 5.53. The van der Waals surface area contributed by atoms with Crippen molar-refractivity contribution >= 4 is 11.9 Å². The number of aromatic carboxylic acids is 2. The number of hydrogen-bond donors (Lipinski definition) is 0. The number of carboxylic acid groups (broad SMARTS) is 2. The van der Waals surface area contributed by atoms with E-state index in [9.17, 15) is 19.8 Å². The van der Waals surface area contributed by atoms with E-state index in [2.05, 4.69) is 0 Å². The number of unbranched alkanes of at least 4 members (excludes halogenated alkanes) is 1. The quantitative estimate of drug-likeness (QED) is 0.720. The van der Waals surface area contributed by atoms with Crippen LogP contribution in [0.3, 0.4) is 0 Å². The topological polar surface area (TPSA) is 80.3 Å². The standard InChI is InChI=1S/C13H16O4.Cu/c1-3-4-5-9-6-8(2)11(13(16)17)10(7-9)12(14)15;/h6-7H,3-5H2,1-2H3,(H,14,15)(H,16,17);/q;+2/p-2. The van der Waals surface area contributed by atoms with Gasteiger partial charge in [-0.3, -0.25) is 0 Å². The fourth-order valence-corrected chi connectivity index (χ4v) is 1.82. The molecule has 1 rings (SSSR count). The van der Waals surface area contributed by atoms with Crippen molar-refractivity contribution < 1.29 is 36.9 Å². The normalized spacial score (nSPS) is 9.67. The van der Waals surface area contributed by atoms with E-state index < -0.39 is 11.9 Å². The Bertz CT molecular complexity index is 455. The van der Waals surface area contributed by atoms with Crippen LogP contribution in [0, 0.1) is 6.92 Å². The molecule has 0 saturated heterocycles. The maximum atomic E-state index is 10.9. The molecule has 0 fully saturated rings. The van der Waals surface area contributed by atoms with Gasteiger partial charge >= 0.3 is 17.1 Å². The van der Waals surface area contributed by atoms with Crippen LogP contribution in [-0.4, -0.2) is 11.9 Å². The van der Waals surface area contributed by atoms with Gasteiger partial charge in [-0.15, -0.1) is 0 Å². The number of carbonyl (C=O) groups excluding carboxylic acids is 2. The van der Waals surface area contributed by atoms with Crippen LogP contribution in [0.5, 0.6) is 0 Å². The zero-order chi connectivity index (χ0) is 13.0. The Labute approximate surface area is 116 Å². The first-order chi connectivity index (χ1) is 7.97. The number of carboxylic acids is 2. The smallest absolute Gasteiger partial charge is 0.545 e. The minimum atomic E-state index is -1.48. The van der Waals surface area contributed by atoms with Gasteiger partial charge in [-0.2, -0.15) is 0 Å². The third-order valence-electron chi connectivity index (χ3n) is 2.64. The zero-order valence-corrected chi connectivity index (χ0v) is 11.2. The molecular formula is C13H14CuO4. The molecular weight excluding hydrogens is 284 g/mol. The summed E-state index contributed by atoms with van der Waals surface area (Å²) in [7, 11) is 0. The molecule has 0 aliphatic carbocycles. The third kappa shape index (κ3) is 3.86. The van der Waals surface area contributed by atoms with Gasteiger partial charge in [-0.1, -0.05) is 19.4 Å². The van der Waals surface area contributed by atoms with E-state index in [4.69, 9.17) is 0 Å². The second kappa shape index (κ2) is 7.19. The second-order valence-corrected chi connectivity index (χ2v) is 4.01. The molecule has 0 heterocycles. The molecule has 0 atom stereocenters. The molecule has 0 aliphatic heterocycles. The van der Waals surface area contributed by atoms with Gasteiger partial charge in [0.15, 0.2) is 0 Å². The molecule has 4 nitrogen and oxygen atoms in total. The van der Waals surface area contributed by atoms with E-state index in [1.54, 1.807) is 13.0 Å². The molecule has 0 bridgehead atoms. The summed E-state index contributed by atoms with van der Waals surface area (Å²) in [4.78, 5) is 21.8. The largest absolute Gasteiger partial charge is 2.00 e. The summed E-state index contributed by atoms with van der Waals surface area (Å²) in [5, 5.41) is 21.8. The summed E-state index contributed by atoms with van der Waals surface area (Å²) in [6.45, 7) is 3.59. The van der Waals surface area contributed by atoms with Crippen molar-refractivity contribution in [2.24, 2.45) is 0 Å². The van der Waals surface area contributed by atoms with Crippen molar-refractivity contribution in [3.63, 3.8) is 0 Å². The Morgan fingerprint density at radius 1 is 1.17 bits per heavy atom. The van der Waals surface area contributed by atoms with Gasteiger partial charge in [0.2, 0.25) is 0 Å². The van der Waals surface area contributed by atoms with Crippen molar-refractivity contribution in [1.82, 2.24) is 0 Å². The first kappa shape index (κ1) is 16.7. The molecule has 0 N–H and O–H groups in total. The fourth-order valence-electron chi connectivity index (χ4n) is 1.82. The van der Waals surface area contributed by atoms with Crippen LogP contribution in [0.1, 0.15) is 51.6 Å². The maximum absolute atomic E-state index is 10.9. The summed E-state index contributed by atoms with van der Waals surface area (Å²) < 4.78 is 0. The Morgan fingerprint density at radius 3 is 2.22 bits per heavy atom. The fraction of sp³-hybridized carbons (Fsp3) is 0.385. The molecule has 101 valence electrons. The van der Waals surface area contributed by atoms with Crippen molar-refractivity contribution in [2.45, 2.75) is 33.1 Å². The summed E-state index contributed by atoms with van der Waals surface area (Å²) in [5.74, 6) is -2.96. The average Bonchev–Trinajstić information content (AvgIpc) is 2.24. The minimum Gasteiger partial charge on any atom is -0.545 e. The van der Waals surface area contributed by atoms with Crippen LogP contribution in [0.4, 0.5) is 0 Å². The molecule has 18 heavy (non-hydrogen) atoms. The first-order valence-corrected chi connectivity index (χ1v) is 5.53. The van der Waals surface area contributed by atoms with Crippen LogP contribution in [-0.2, 0) is 23.5 Å². The molecule has 1 aromatic carbocycles. The van der Waals surface area contributed by atoms with E-state index in [1.807, 2.05) is 6.92 Å². The van der Waals surface area contributed by atoms with Crippen molar-refractivity contribution in [2.75, 3.05) is 0 Å². The van der Waals surface area contributed by atoms with E-state index in [1.165, 1.54) is 6.07 Å². The zero-order valence-electron chi connectivity index (χ0n) is 10.2. The van der Waals surface area contributed by atoms with Crippen molar-refractivity contribution in [3.8, 4) is 0 Å². The molecule has 5 heteroatoms. The SMILES string of the molecule is CCCCc1cc(C)c(C(=O)[O-])c(C(=O)[O-])c1.[Cu+2]. The summed E-state index contributed by atoms with van der Waals surface area (Å²) >= 11 is 0. The third-order valence-corrected chi connectivity index (χ3v) is 2.64. The number of carbonyl (C=O) groups is 2. The van der Waals surface area contributed by atoms with Gasteiger partial charge < -0.3 is 19.8 Å². The predicted molar refractivity (Wildman–Crippen MR) is 58.5 cm³/mol. The second-order valence-electron chi connectivity index (χ2n) is 4.01. The van der Waals surface area contributed by atoms with Gasteiger partial charge in [0.25, 0.3) is 0 Å². The van der Waals surface area contributed by atoms with Gasteiger partial charge in [0, 0.05) is 11.1 Å². The average molecular weight is 298 g/mol. The van der Waals surface area contributed by atoms with Crippen LogP contribution >= 0.6 is 0 Å². The van der Waals surface area contributed by atoms with E-state index >= 15 is 0 Å². The molecule has 0 unspecified atom stereocenters. The summed E-state index contributed by atoms with van der Waals surface area (Å²) in [6, 6.07) is 3.05. The Morgan fingerprint density at radius 2 is 1.78 bits per heavy atom. The predicted octanol–water partition coefficient (Wildman–Crippen LogP) is 0.0621. The molecule has 1 aromatic rings. The molecule has 0 aromatic heterocycles. The number of aryl methyl sites for hydroxylation is 2. The molecule has 0 amide bonds. The number of hydrogen-bond acceptors (Lipinski definition) is 4. The van der Waals surface area contributed by atoms with Crippen LogP contribution in [0.15, 0.2) is 12.1 Å². The van der Waals surface area contributed by atoms with Crippen LogP contribution in [0.25, 0.3) is 0 Å². The Hall–Kier alpha value is -1.32. The molecule has 0 spiro atoms. The Balaban J connectivity index is 0.00000289. The van der Waals surface area contributed by atoms with Crippen molar-refractivity contribution in [1.29, 1.82) is 0 Å². The van der Waals surface area contributed by atoms with Gasteiger partial charge in [0.05, 0.1) is 11.9 Å². The van der Waals surface area contributed by atoms with Crippen molar-refractivity contribution in [3.05, 3.63) is 34.4 Å². The molecule has 0 aliphatic rings. The summed E-state index contributed by atoms with van der Waals surface area (Å²) in [5.41, 5.74) is 0.632. The maximum Gasteiger partial charge on any atom is 2.00 e. The van der Waals surface area contributed by atoms with E-state index in [0.29, 0.717) is 5.56 Å². The van der Waals surface area contributed by atoms with Crippen LogP contribution in [0.2, 0.25) is 0 Å². The van der Waals surface area contributed by atoms with Crippen LogP contribution < -0.4 is 10.2 Å². The number of rotatable bonds is 5. The minimum absolute atomic E-state index is 0.